The van der Waals surface area contributed by atoms with Gasteiger partial charge in [-0.25, -0.2) is 9.21 Å². The first kappa shape index (κ1) is 30.9. The molecule has 0 fully saturated rings. The van der Waals surface area contributed by atoms with Crippen LogP contribution >= 0.6 is 11.8 Å². The maximum Gasteiger partial charge on any atom is 0.365 e. The molecule has 0 aliphatic heterocycles. The standard InChI is InChI=1S/C34H25NO9S/c1-19(36)42-23-9-12-26-29(15-23)44-30-16-24(43-20(2)37)10-13-27(30)32(26)25-11-8-22(14-28(25)34(40)41)33(39)35-17-31(38)45-18-21-6-4-3-5-7-21/h3-16H,17-18H2,1-2H3,(H-,35,39,40,41)/p+1. The van der Waals surface area contributed by atoms with Crippen LogP contribution in [0.2, 0.25) is 0 Å². The fourth-order valence-electron chi connectivity index (χ4n) is 4.72. The van der Waals surface area contributed by atoms with Crippen molar-refractivity contribution in [1.82, 2.24) is 5.32 Å². The van der Waals surface area contributed by atoms with Gasteiger partial charge in [-0.1, -0.05) is 48.2 Å². The Balaban J connectivity index is 1.51. The van der Waals surface area contributed by atoms with Crippen LogP contribution in [0, 0.1) is 0 Å². The number of amides is 1. The third kappa shape index (κ3) is 7.34. The molecule has 1 heterocycles. The molecule has 1 aromatic heterocycles. The van der Waals surface area contributed by atoms with Crippen molar-refractivity contribution >= 4 is 62.6 Å². The van der Waals surface area contributed by atoms with E-state index in [1.54, 1.807) is 24.3 Å². The fourth-order valence-corrected chi connectivity index (χ4v) is 5.42. The number of carboxylic acids is 1. The maximum atomic E-state index is 13.0. The molecule has 0 radical (unpaired) electrons. The minimum absolute atomic E-state index is 0.0560. The number of ether oxygens (including phenoxy) is 2. The van der Waals surface area contributed by atoms with Gasteiger partial charge in [0, 0.05) is 30.7 Å². The van der Waals surface area contributed by atoms with Gasteiger partial charge in [-0.2, -0.15) is 0 Å². The quantitative estimate of drug-likeness (QED) is 0.0832. The number of aromatic carboxylic acids is 1. The molecule has 0 saturated heterocycles. The molecule has 0 atom stereocenters. The van der Waals surface area contributed by atoms with Gasteiger partial charge in [-0.3, -0.25) is 19.2 Å². The lowest BCUT2D eigenvalue weighted by Gasteiger charge is -2.12. The number of nitrogens with one attached hydrogen (secondary N) is 1. The first-order valence-corrected chi connectivity index (χ1v) is 14.6. The van der Waals surface area contributed by atoms with Crippen LogP contribution in [0.15, 0.2) is 89.3 Å². The van der Waals surface area contributed by atoms with Gasteiger partial charge in [0.1, 0.15) is 11.5 Å². The predicted octanol–water partition coefficient (Wildman–Crippen LogP) is 6.27. The van der Waals surface area contributed by atoms with E-state index in [4.69, 9.17) is 13.9 Å². The Morgan fingerprint density at radius 3 is 1.93 bits per heavy atom. The SMILES string of the molecule is CC(=O)Oc1ccc2c(-c3ccc(C(=O)NCC(=O)SCc4ccccc4)cc3C(=O)O)c3ccc(OC(C)=O)cc3[o+]c2c1. The minimum atomic E-state index is -1.29. The van der Waals surface area contributed by atoms with Crippen molar-refractivity contribution < 1.29 is 43.0 Å². The summed E-state index contributed by atoms with van der Waals surface area (Å²) < 4.78 is 16.5. The second-order valence-electron chi connectivity index (χ2n) is 9.87. The summed E-state index contributed by atoms with van der Waals surface area (Å²) in [5.74, 6) is -2.08. The van der Waals surface area contributed by atoms with Crippen LogP contribution in [0.3, 0.4) is 0 Å². The molecule has 5 rings (SSSR count). The highest BCUT2D eigenvalue weighted by molar-refractivity contribution is 8.13. The summed E-state index contributed by atoms with van der Waals surface area (Å²) in [5, 5.41) is 13.6. The average molecular weight is 625 g/mol. The van der Waals surface area contributed by atoms with E-state index in [9.17, 15) is 29.1 Å². The first-order chi connectivity index (χ1) is 21.6. The van der Waals surface area contributed by atoms with E-state index in [2.05, 4.69) is 5.32 Å². The zero-order valence-electron chi connectivity index (χ0n) is 24.1. The lowest BCUT2D eigenvalue weighted by Crippen LogP contribution is -2.28. The van der Waals surface area contributed by atoms with Crippen LogP contribution in [0.1, 0.15) is 40.1 Å². The second kappa shape index (κ2) is 13.4. The zero-order chi connectivity index (χ0) is 32.1. The highest BCUT2D eigenvalue weighted by Crippen LogP contribution is 2.40. The lowest BCUT2D eigenvalue weighted by molar-refractivity contribution is -0.132. The summed E-state index contributed by atoms with van der Waals surface area (Å²) in [5.41, 5.74) is 2.13. The Bertz CT molecular complexity index is 1920. The van der Waals surface area contributed by atoms with Crippen molar-refractivity contribution in [2.45, 2.75) is 19.6 Å². The van der Waals surface area contributed by atoms with E-state index in [0.717, 1.165) is 17.3 Å². The number of rotatable bonds is 9. The number of carbonyl (C=O) groups is 5. The zero-order valence-corrected chi connectivity index (χ0v) is 24.9. The molecule has 0 saturated carbocycles. The molecule has 0 spiro atoms. The molecular formula is C34H26NO9S+. The molecule has 11 heteroatoms. The Kier molecular flexibility index (Phi) is 9.20. The molecule has 4 aromatic carbocycles. The Morgan fingerprint density at radius 1 is 0.778 bits per heavy atom. The van der Waals surface area contributed by atoms with Gasteiger partial charge in [0.05, 0.1) is 35.0 Å². The van der Waals surface area contributed by atoms with Crippen molar-refractivity contribution in [1.29, 1.82) is 0 Å². The van der Waals surface area contributed by atoms with Crippen LogP contribution in [0.4, 0.5) is 0 Å². The topological polar surface area (TPSA) is 147 Å². The Labute approximate surface area is 261 Å². The summed E-state index contributed by atoms with van der Waals surface area (Å²) in [7, 11) is 0. The van der Waals surface area contributed by atoms with E-state index in [1.807, 2.05) is 30.3 Å². The summed E-state index contributed by atoms with van der Waals surface area (Å²) in [6.07, 6.45) is 0. The van der Waals surface area contributed by atoms with E-state index in [1.165, 1.54) is 44.2 Å². The number of carboxylic acid groups (broad SMARTS) is 1. The second-order valence-corrected chi connectivity index (χ2v) is 10.9. The molecule has 5 aromatic rings. The fraction of sp³-hybridized carbons (Fsp3) is 0.118. The maximum absolute atomic E-state index is 13.0. The van der Waals surface area contributed by atoms with Gasteiger partial charge in [-0.15, -0.1) is 0 Å². The number of esters is 2. The number of benzene rings is 4. The van der Waals surface area contributed by atoms with Crippen molar-refractivity contribution in [2.75, 3.05) is 6.54 Å². The van der Waals surface area contributed by atoms with Gasteiger partial charge in [0.25, 0.3) is 5.91 Å². The van der Waals surface area contributed by atoms with Crippen LogP contribution < -0.4 is 14.8 Å². The third-order valence-electron chi connectivity index (χ3n) is 6.61. The van der Waals surface area contributed by atoms with Crippen molar-refractivity contribution in [2.24, 2.45) is 0 Å². The van der Waals surface area contributed by atoms with Crippen LogP contribution in [0.25, 0.3) is 33.1 Å². The Hall–Kier alpha value is -5.55. The summed E-state index contributed by atoms with van der Waals surface area (Å²) in [6, 6.07) is 23.0. The lowest BCUT2D eigenvalue weighted by atomic mass is 9.92. The van der Waals surface area contributed by atoms with Gasteiger partial charge in [0.15, 0.2) is 0 Å². The highest BCUT2D eigenvalue weighted by atomic mass is 32.2. The molecule has 1 amide bonds. The van der Waals surface area contributed by atoms with Crippen LogP contribution in [-0.4, -0.2) is 40.6 Å². The largest absolute Gasteiger partial charge is 0.478 e. The van der Waals surface area contributed by atoms with Gasteiger partial charge in [-0.05, 0) is 47.5 Å². The van der Waals surface area contributed by atoms with Gasteiger partial charge >= 0.3 is 29.1 Å². The number of fused-ring (bicyclic) bond motifs is 2. The minimum Gasteiger partial charge on any atom is -0.478 e. The smallest absolute Gasteiger partial charge is 0.365 e. The monoisotopic (exact) mass is 624 g/mol. The molecule has 0 aliphatic carbocycles. The summed E-state index contributed by atoms with van der Waals surface area (Å²) >= 11 is 1.07. The van der Waals surface area contributed by atoms with Gasteiger partial charge in [0.2, 0.25) is 5.12 Å². The van der Waals surface area contributed by atoms with E-state index >= 15 is 0 Å². The molecule has 0 aliphatic rings. The molecular weight excluding hydrogens is 598 g/mol. The summed E-state index contributed by atoms with van der Waals surface area (Å²) in [4.78, 5) is 61.0. The van der Waals surface area contributed by atoms with E-state index in [-0.39, 0.29) is 51.0 Å². The summed E-state index contributed by atoms with van der Waals surface area (Å²) in [6.45, 7) is 2.29. The van der Waals surface area contributed by atoms with Crippen LogP contribution in [-0.2, 0) is 20.1 Å². The number of hydrogen-bond donors (Lipinski definition) is 2. The van der Waals surface area contributed by atoms with Crippen molar-refractivity contribution in [3.63, 3.8) is 0 Å². The van der Waals surface area contributed by atoms with Crippen LogP contribution in [0.5, 0.6) is 11.5 Å². The number of hydrogen-bond acceptors (Lipinski definition) is 8. The molecule has 10 nitrogen and oxygen atoms in total. The molecule has 226 valence electrons. The third-order valence-corrected chi connectivity index (χ3v) is 7.55. The first-order valence-electron chi connectivity index (χ1n) is 13.6. The molecule has 45 heavy (non-hydrogen) atoms. The molecule has 2 N–H and O–H groups in total. The predicted molar refractivity (Wildman–Crippen MR) is 168 cm³/mol. The highest BCUT2D eigenvalue weighted by Gasteiger charge is 2.26. The average Bonchev–Trinajstić information content (AvgIpc) is 3.01. The van der Waals surface area contributed by atoms with E-state index in [0.29, 0.717) is 22.1 Å². The van der Waals surface area contributed by atoms with Crippen molar-refractivity contribution in [3.05, 3.63) is 102 Å². The van der Waals surface area contributed by atoms with Crippen molar-refractivity contribution in [3.8, 4) is 22.6 Å². The number of carbonyl (C=O) groups excluding carboxylic acids is 4. The normalized spacial score (nSPS) is 10.8. The molecule has 0 bridgehead atoms. The Morgan fingerprint density at radius 2 is 1.38 bits per heavy atom. The molecule has 0 unspecified atom stereocenters. The van der Waals surface area contributed by atoms with Gasteiger partial charge < -0.3 is 19.9 Å². The number of thioether (sulfide) groups is 1. The van der Waals surface area contributed by atoms with E-state index < -0.39 is 23.8 Å².